The molecule has 0 bridgehead atoms. The molecule has 1 aliphatic heterocycles. The second-order valence-corrected chi connectivity index (χ2v) is 6.69. The highest BCUT2D eigenvalue weighted by Gasteiger charge is 2.20. The lowest BCUT2D eigenvalue weighted by atomic mass is 9.93. The summed E-state index contributed by atoms with van der Waals surface area (Å²) in [6.45, 7) is 8.15. The van der Waals surface area contributed by atoms with Crippen LogP contribution in [0, 0.1) is 19.8 Å². The molecule has 1 saturated heterocycles. The number of aliphatic carboxylic acids is 1. The summed E-state index contributed by atoms with van der Waals surface area (Å²) in [4.78, 5) is 13.1. The van der Waals surface area contributed by atoms with Crippen LogP contribution in [-0.4, -0.2) is 42.2 Å². The molecule has 0 saturated carbocycles. The average molecular weight is 319 g/mol. The van der Waals surface area contributed by atoms with E-state index in [1.807, 2.05) is 6.07 Å². The predicted molar refractivity (Wildman–Crippen MR) is 92.1 cm³/mol. The maximum atomic E-state index is 10.7. The Bertz CT molecular complexity index is 515. The summed E-state index contributed by atoms with van der Waals surface area (Å²) in [7, 11) is 0. The van der Waals surface area contributed by atoms with Gasteiger partial charge in [-0.3, -0.25) is 4.79 Å². The van der Waals surface area contributed by atoms with Gasteiger partial charge in [0, 0.05) is 19.5 Å². The first-order chi connectivity index (χ1) is 11.0. The minimum atomic E-state index is -0.677. The van der Waals surface area contributed by atoms with Crippen molar-refractivity contribution in [3.05, 3.63) is 29.3 Å². The van der Waals surface area contributed by atoms with E-state index in [-0.39, 0.29) is 0 Å². The molecule has 1 N–H and O–H groups in total. The van der Waals surface area contributed by atoms with E-state index in [2.05, 4.69) is 30.9 Å². The lowest BCUT2D eigenvalue weighted by Crippen LogP contribution is -2.36. The van der Waals surface area contributed by atoms with E-state index in [0.29, 0.717) is 12.3 Å². The van der Waals surface area contributed by atoms with Crippen molar-refractivity contribution in [3.63, 3.8) is 0 Å². The SMILES string of the molecule is Cc1ccc(OCCCN2CCCC(CCC(=O)O)C2)cc1C. The van der Waals surface area contributed by atoms with Gasteiger partial charge in [0.05, 0.1) is 6.61 Å². The van der Waals surface area contributed by atoms with E-state index in [9.17, 15) is 4.79 Å². The fourth-order valence-corrected chi connectivity index (χ4v) is 3.20. The lowest BCUT2D eigenvalue weighted by molar-refractivity contribution is -0.137. The molecule has 1 fully saturated rings. The van der Waals surface area contributed by atoms with Crippen LogP contribution in [0.2, 0.25) is 0 Å². The molecule has 1 aliphatic rings. The molecule has 4 nitrogen and oxygen atoms in total. The van der Waals surface area contributed by atoms with Crippen molar-refractivity contribution >= 4 is 5.97 Å². The number of nitrogens with zero attached hydrogens (tertiary/aromatic N) is 1. The number of benzene rings is 1. The molecular formula is C19H29NO3. The molecule has 1 heterocycles. The summed E-state index contributed by atoms with van der Waals surface area (Å²) in [5, 5.41) is 8.80. The standard InChI is InChI=1S/C19H29NO3/c1-15-6-8-18(13-16(15)2)23-12-4-11-20-10-3-5-17(14-20)7-9-19(21)22/h6,8,13,17H,3-5,7,9-12,14H2,1-2H3,(H,21,22). The summed E-state index contributed by atoms with van der Waals surface area (Å²) in [5.74, 6) is 0.815. The number of carboxylic acid groups (broad SMARTS) is 1. The number of hydrogen-bond acceptors (Lipinski definition) is 3. The van der Waals surface area contributed by atoms with E-state index >= 15 is 0 Å². The molecule has 0 spiro atoms. The number of likely N-dealkylation sites (tertiary alicyclic amines) is 1. The van der Waals surface area contributed by atoms with Gasteiger partial charge in [-0.2, -0.15) is 0 Å². The van der Waals surface area contributed by atoms with E-state index in [0.717, 1.165) is 44.8 Å². The Kier molecular flexibility index (Phi) is 6.90. The molecule has 1 aromatic carbocycles. The van der Waals surface area contributed by atoms with Gasteiger partial charge in [-0.15, -0.1) is 0 Å². The Balaban J connectivity index is 1.65. The van der Waals surface area contributed by atoms with Crippen molar-refractivity contribution in [2.45, 2.75) is 46.0 Å². The normalized spacial score (nSPS) is 18.8. The highest BCUT2D eigenvalue weighted by molar-refractivity contribution is 5.66. The Labute approximate surface area is 139 Å². The van der Waals surface area contributed by atoms with Crippen molar-refractivity contribution in [3.8, 4) is 5.75 Å². The minimum Gasteiger partial charge on any atom is -0.494 e. The third-order valence-corrected chi connectivity index (χ3v) is 4.74. The monoisotopic (exact) mass is 319 g/mol. The highest BCUT2D eigenvalue weighted by atomic mass is 16.5. The van der Waals surface area contributed by atoms with Gasteiger partial charge in [0.25, 0.3) is 0 Å². The smallest absolute Gasteiger partial charge is 0.303 e. The maximum Gasteiger partial charge on any atom is 0.303 e. The zero-order chi connectivity index (χ0) is 16.7. The van der Waals surface area contributed by atoms with E-state index < -0.39 is 5.97 Å². The topological polar surface area (TPSA) is 49.8 Å². The first kappa shape index (κ1) is 17.8. The van der Waals surface area contributed by atoms with Gasteiger partial charge in [-0.05, 0) is 75.3 Å². The largest absolute Gasteiger partial charge is 0.494 e. The predicted octanol–water partition coefficient (Wildman–Crippen LogP) is 3.65. The molecule has 1 aromatic rings. The van der Waals surface area contributed by atoms with Crippen LogP contribution < -0.4 is 4.74 Å². The summed E-state index contributed by atoms with van der Waals surface area (Å²) in [5.41, 5.74) is 2.55. The summed E-state index contributed by atoms with van der Waals surface area (Å²) < 4.78 is 5.83. The van der Waals surface area contributed by atoms with Crippen molar-refractivity contribution in [2.24, 2.45) is 5.92 Å². The zero-order valence-corrected chi connectivity index (χ0v) is 14.4. The van der Waals surface area contributed by atoms with E-state index in [4.69, 9.17) is 9.84 Å². The van der Waals surface area contributed by atoms with E-state index in [1.165, 1.54) is 24.0 Å². The number of carbonyl (C=O) groups is 1. The number of piperidine rings is 1. The van der Waals surface area contributed by atoms with Crippen LogP contribution in [0.25, 0.3) is 0 Å². The molecule has 4 heteroatoms. The Morgan fingerprint density at radius 2 is 2.17 bits per heavy atom. The molecule has 1 unspecified atom stereocenters. The number of hydrogen-bond donors (Lipinski definition) is 1. The molecular weight excluding hydrogens is 290 g/mol. The molecule has 0 radical (unpaired) electrons. The second-order valence-electron chi connectivity index (χ2n) is 6.69. The number of rotatable bonds is 8. The summed E-state index contributed by atoms with van der Waals surface area (Å²) in [6.07, 6.45) is 4.48. The second kappa shape index (κ2) is 8.92. The van der Waals surface area contributed by atoms with Crippen LogP contribution in [0.15, 0.2) is 18.2 Å². The first-order valence-electron chi connectivity index (χ1n) is 8.69. The number of ether oxygens (including phenoxy) is 1. The summed E-state index contributed by atoms with van der Waals surface area (Å²) in [6, 6.07) is 6.23. The fourth-order valence-electron chi connectivity index (χ4n) is 3.20. The highest BCUT2D eigenvalue weighted by Crippen LogP contribution is 2.21. The van der Waals surface area contributed by atoms with Crippen LogP contribution in [-0.2, 0) is 4.79 Å². The average Bonchev–Trinajstić information content (AvgIpc) is 2.53. The van der Waals surface area contributed by atoms with Crippen LogP contribution >= 0.6 is 0 Å². The van der Waals surface area contributed by atoms with Gasteiger partial charge in [-0.25, -0.2) is 0 Å². The van der Waals surface area contributed by atoms with Gasteiger partial charge >= 0.3 is 5.97 Å². The van der Waals surface area contributed by atoms with Crippen molar-refractivity contribution < 1.29 is 14.6 Å². The molecule has 0 aromatic heterocycles. The van der Waals surface area contributed by atoms with Gasteiger partial charge in [0.1, 0.15) is 5.75 Å². The number of aryl methyl sites for hydroxylation is 2. The Hall–Kier alpha value is -1.55. The van der Waals surface area contributed by atoms with E-state index in [1.54, 1.807) is 0 Å². The molecule has 0 aliphatic carbocycles. The molecule has 128 valence electrons. The summed E-state index contributed by atoms with van der Waals surface area (Å²) >= 11 is 0. The lowest BCUT2D eigenvalue weighted by Gasteiger charge is -2.32. The molecule has 0 amide bonds. The fraction of sp³-hybridized carbons (Fsp3) is 0.632. The van der Waals surface area contributed by atoms with Crippen molar-refractivity contribution in [1.82, 2.24) is 4.90 Å². The van der Waals surface area contributed by atoms with Gasteiger partial charge in [-0.1, -0.05) is 6.07 Å². The van der Waals surface area contributed by atoms with Crippen molar-refractivity contribution in [2.75, 3.05) is 26.2 Å². The minimum absolute atomic E-state index is 0.300. The molecule has 1 atom stereocenters. The third-order valence-electron chi connectivity index (χ3n) is 4.74. The first-order valence-corrected chi connectivity index (χ1v) is 8.69. The van der Waals surface area contributed by atoms with Gasteiger partial charge < -0.3 is 14.7 Å². The van der Waals surface area contributed by atoms with Gasteiger partial charge in [0.15, 0.2) is 0 Å². The van der Waals surface area contributed by atoms with Crippen molar-refractivity contribution in [1.29, 1.82) is 0 Å². The Morgan fingerprint density at radius 1 is 1.35 bits per heavy atom. The number of carboxylic acids is 1. The maximum absolute atomic E-state index is 10.7. The Morgan fingerprint density at radius 3 is 2.91 bits per heavy atom. The van der Waals surface area contributed by atoms with Crippen LogP contribution in [0.1, 0.15) is 43.2 Å². The van der Waals surface area contributed by atoms with Crippen LogP contribution in [0.5, 0.6) is 5.75 Å². The third kappa shape index (κ3) is 6.22. The van der Waals surface area contributed by atoms with Crippen LogP contribution in [0.4, 0.5) is 0 Å². The molecule has 2 rings (SSSR count). The zero-order valence-electron chi connectivity index (χ0n) is 14.4. The van der Waals surface area contributed by atoms with Gasteiger partial charge in [0.2, 0.25) is 0 Å². The van der Waals surface area contributed by atoms with Crippen LogP contribution in [0.3, 0.4) is 0 Å². The molecule has 23 heavy (non-hydrogen) atoms. The quantitative estimate of drug-likeness (QED) is 0.743.